The van der Waals surface area contributed by atoms with Gasteiger partial charge in [0.2, 0.25) is 5.91 Å². The predicted molar refractivity (Wildman–Crippen MR) is 152 cm³/mol. The van der Waals surface area contributed by atoms with Crippen molar-refractivity contribution in [1.29, 1.82) is 0 Å². The molecule has 1 aliphatic heterocycles. The van der Waals surface area contributed by atoms with Crippen LogP contribution in [0.5, 0.6) is 5.75 Å². The number of piperidine rings is 1. The number of carbonyl (C=O) groups is 3. The van der Waals surface area contributed by atoms with Gasteiger partial charge in [0.25, 0.3) is 0 Å². The molecule has 2 amide bonds. The number of hydrogen-bond acceptors (Lipinski definition) is 5. The highest BCUT2D eigenvalue weighted by molar-refractivity contribution is 5.94. The Kier molecular flexibility index (Phi) is 8.99. The lowest BCUT2D eigenvalue weighted by molar-refractivity contribution is -0.896. The van der Waals surface area contributed by atoms with Crippen LogP contribution in [0.3, 0.4) is 0 Å². The fraction of sp³-hybridized carbons (Fsp3) is 0.323. The molecule has 4 rings (SSSR count). The molecular weight excluding hydrogens is 494 g/mol. The minimum Gasteiger partial charge on any atom is -0.495 e. The third kappa shape index (κ3) is 7.67. The minimum absolute atomic E-state index is 0.0992. The smallest absolute Gasteiger partial charge is 0.411 e. The van der Waals surface area contributed by atoms with E-state index in [1.807, 2.05) is 48.5 Å². The second kappa shape index (κ2) is 12.6. The van der Waals surface area contributed by atoms with Gasteiger partial charge in [0.15, 0.2) is 0 Å². The molecular formula is C31H36N3O5+. The molecule has 0 atom stereocenters. The first-order valence-corrected chi connectivity index (χ1v) is 13.2. The van der Waals surface area contributed by atoms with E-state index >= 15 is 0 Å². The van der Waals surface area contributed by atoms with Gasteiger partial charge in [0.1, 0.15) is 18.1 Å². The number of anilines is 2. The van der Waals surface area contributed by atoms with Crippen LogP contribution in [-0.4, -0.2) is 63.2 Å². The summed E-state index contributed by atoms with van der Waals surface area (Å²) in [5.74, 6) is 0.266. The molecule has 0 spiro atoms. The van der Waals surface area contributed by atoms with Crippen molar-refractivity contribution in [2.24, 2.45) is 0 Å². The van der Waals surface area contributed by atoms with Gasteiger partial charge in [-0.1, -0.05) is 42.5 Å². The van der Waals surface area contributed by atoms with Crippen LogP contribution in [0, 0.1) is 0 Å². The number of amides is 2. The zero-order valence-electron chi connectivity index (χ0n) is 22.7. The summed E-state index contributed by atoms with van der Waals surface area (Å²) in [7, 11) is 5.88. The quantitative estimate of drug-likeness (QED) is 0.280. The van der Waals surface area contributed by atoms with E-state index in [9.17, 15) is 14.4 Å². The average molecular weight is 531 g/mol. The Morgan fingerprint density at radius 1 is 0.949 bits per heavy atom. The number of benzene rings is 3. The van der Waals surface area contributed by atoms with Gasteiger partial charge in [-0.2, -0.15) is 0 Å². The lowest BCUT2D eigenvalue weighted by Gasteiger charge is -2.36. The number of aryl methyl sites for hydroxylation is 1. The van der Waals surface area contributed by atoms with Crippen LogP contribution in [0.2, 0.25) is 0 Å². The topological polar surface area (TPSA) is 93.7 Å². The SMILES string of the molecule is COc1ccc(C=O)cc1NC(=O)CCc1ccc(-c2ccccc2)c(NC(=O)OC2CC[N+](C)(C)CC2)c1. The van der Waals surface area contributed by atoms with Crippen molar-refractivity contribution in [1.82, 2.24) is 0 Å². The van der Waals surface area contributed by atoms with Crippen molar-refractivity contribution < 1.29 is 28.3 Å². The zero-order valence-corrected chi connectivity index (χ0v) is 22.7. The third-order valence-corrected chi connectivity index (χ3v) is 7.07. The molecule has 204 valence electrons. The van der Waals surface area contributed by atoms with E-state index in [0.29, 0.717) is 29.1 Å². The van der Waals surface area contributed by atoms with E-state index in [-0.39, 0.29) is 18.4 Å². The summed E-state index contributed by atoms with van der Waals surface area (Å²) in [6, 6.07) is 20.5. The number of ether oxygens (including phenoxy) is 2. The summed E-state index contributed by atoms with van der Waals surface area (Å²) in [6.45, 7) is 1.94. The molecule has 8 nitrogen and oxygen atoms in total. The van der Waals surface area contributed by atoms with Gasteiger partial charge in [-0.3, -0.25) is 14.9 Å². The van der Waals surface area contributed by atoms with Crippen LogP contribution in [0.25, 0.3) is 11.1 Å². The monoisotopic (exact) mass is 530 g/mol. The molecule has 0 unspecified atom stereocenters. The Balaban J connectivity index is 1.45. The fourth-order valence-electron chi connectivity index (χ4n) is 4.74. The molecule has 3 aromatic rings. The highest BCUT2D eigenvalue weighted by atomic mass is 16.6. The van der Waals surface area contributed by atoms with Crippen molar-refractivity contribution in [3.8, 4) is 16.9 Å². The second-order valence-corrected chi connectivity index (χ2v) is 10.5. The first-order chi connectivity index (χ1) is 18.8. The minimum atomic E-state index is -0.471. The summed E-state index contributed by atoms with van der Waals surface area (Å²) in [5.41, 5.74) is 4.26. The largest absolute Gasteiger partial charge is 0.495 e. The van der Waals surface area contributed by atoms with Gasteiger partial charge >= 0.3 is 6.09 Å². The second-order valence-electron chi connectivity index (χ2n) is 10.5. The lowest BCUT2D eigenvalue weighted by Crippen LogP contribution is -2.48. The Bertz CT molecular complexity index is 1310. The highest BCUT2D eigenvalue weighted by Gasteiger charge is 2.28. The van der Waals surface area contributed by atoms with Gasteiger partial charge in [-0.05, 0) is 41.8 Å². The maximum absolute atomic E-state index is 12.9. The Morgan fingerprint density at radius 2 is 1.69 bits per heavy atom. The van der Waals surface area contributed by atoms with E-state index in [1.54, 1.807) is 18.2 Å². The van der Waals surface area contributed by atoms with Crippen molar-refractivity contribution in [2.75, 3.05) is 44.9 Å². The molecule has 2 N–H and O–H groups in total. The first-order valence-electron chi connectivity index (χ1n) is 13.2. The van der Waals surface area contributed by atoms with Crippen LogP contribution < -0.4 is 15.4 Å². The van der Waals surface area contributed by atoms with Gasteiger partial charge < -0.3 is 19.3 Å². The van der Waals surface area contributed by atoms with Crippen LogP contribution in [0.15, 0.2) is 66.7 Å². The third-order valence-electron chi connectivity index (χ3n) is 7.07. The van der Waals surface area contributed by atoms with Crippen molar-refractivity contribution in [3.05, 3.63) is 77.9 Å². The molecule has 0 saturated carbocycles. The highest BCUT2D eigenvalue weighted by Crippen LogP contribution is 2.30. The fourth-order valence-corrected chi connectivity index (χ4v) is 4.74. The van der Waals surface area contributed by atoms with Crippen molar-refractivity contribution >= 4 is 29.7 Å². The summed E-state index contributed by atoms with van der Waals surface area (Å²) in [4.78, 5) is 36.7. The molecule has 1 saturated heterocycles. The Morgan fingerprint density at radius 3 is 2.38 bits per heavy atom. The summed E-state index contributed by atoms with van der Waals surface area (Å²) in [5, 5.41) is 5.78. The number of rotatable bonds is 9. The van der Waals surface area contributed by atoms with Crippen LogP contribution in [0.1, 0.15) is 35.2 Å². The Hall–Kier alpha value is -4.17. The molecule has 8 heteroatoms. The number of aldehydes is 1. The number of likely N-dealkylation sites (tertiary alicyclic amines) is 1. The zero-order chi connectivity index (χ0) is 27.8. The molecule has 1 heterocycles. The molecule has 1 aliphatic rings. The molecule has 3 aromatic carbocycles. The summed E-state index contributed by atoms with van der Waals surface area (Å²) < 4.78 is 12.0. The standard InChI is InChI=1S/C31H35N3O5/c1-34(2)17-15-25(16-18-34)39-31(37)33-27-19-22(9-12-26(27)24-7-5-4-6-8-24)11-14-30(36)32-28-20-23(21-35)10-13-29(28)38-3/h4-10,12-13,19-21,25H,11,14-18H2,1-3H3,(H-,32,33,36,37)/p+1. The maximum Gasteiger partial charge on any atom is 0.411 e. The molecule has 1 fully saturated rings. The number of carbonyl (C=O) groups excluding carboxylic acids is 3. The van der Waals surface area contributed by atoms with Crippen LogP contribution in [0.4, 0.5) is 16.2 Å². The molecule has 39 heavy (non-hydrogen) atoms. The maximum atomic E-state index is 12.9. The van der Waals surface area contributed by atoms with Gasteiger partial charge in [-0.15, -0.1) is 0 Å². The molecule has 0 bridgehead atoms. The predicted octanol–water partition coefficient (Wildman–Crippen LogP) is 5.53. The molecule has 0 radical (unpaired) electrons. The number of nitrogens with one attached hydrogen (secondary N) is 2. The number of hydrogen-bond donors (Lipinski definition) is 2. The summed E-state index contributed by atoms with van der Waals surface area (Å²) >= 11 is 0. The normalized spacial score (nSPS) is 14.7. The number of quaternary nitrogens is 1. The van der Waals surface area contributed by atoms with E-state index in [2.05, 4.69) is 24.7 Å². The van der Waals surface area contributed by atoms with Crippen LogP contribution in [-0.2, 0) is 16.0 Å². The van der Waals surface area contributed by atoms with Gasteiger partial charge in [0, 0.05) is 30.4 Å². The Labute approximate surface area is 229 Å². The number of nitrogens with zero attached hydrogens (tertiary/aromatic N) is 1. The van der Waals surface area contributed by atoms with E-state index in [4.69, 9.17) is 9.47 Å². The average Bonchev–Trinajstić information content (AvgIpc) is 2.93. The van der Waals surface area contributed by atoms with E-state index in [0.717, 1.165) is 53.4 Å². The van der Waals surface area contributed by atoms with E-state index < -0.39 is 6.09 Å². The number of methoxy groups -OCH3 is 1. The molecule has 0 aromatic heterocycles. The van der Waals surface area contributed by atoms with Gasteiger partial charge in [-0.25, -0.2) is 4.79 Å². The van der Waals surface area contributed by atoms with Crippen molar-refractivity contribution in [3.63, 3.8) is 0 Å². The van der Waals surface area contributed by atoms with Gasteiger partial charge in [0.05, 0.1) is 45.7 Å². The van der Waals surface area contributed by atoms with E-state index in [1.165, 1.54) is 7.11 Å². The summed E-state index contributed by atoms with van der Waals surface area (Å²) in [6.07, 6.45) is 2.48. The first kappa shape index (κ1) is 27.9. The lowest BCUT2D eigenvalue weighted by atomic mass is 9.99. The van der Waals surface area contributed by atoms with Crippen molar-refractivity contribution in [2.45, 2.75) is 31.8 Å². The van der Waals surface area contributed by atoms with Crippen LogP contribution >= 0.6 is 0 Å². The molecule has 0 aliphatic carbocycles.